The number of rotatable bonds is 3. The lowest BCUT2D eigenvalue weighted by atomic mass is 10.1. The first-order valence-corrected chi connectivity index (χ1v) is 8.03. The summed E-state index contributed by atoms with van der Waals surface area (Å²) >= 11 is 6.08. The van der Waals surface area contributed by atoms with Gasteiger partial charge in [0.1, 0.15) is 6.10 Å². The van der Waals surface area contributed by atoms with Crippen LogP contribution < -0.4 is 0 Å². The van der Waals surface area contributed by atoms with Gasteiger partial charge in [-0.2, -0.15) is 0 Å². The van der Waals surface area contributed by atoms with Crippen molar-refractivity contribution in [2.24, 2.45) is 0 Å². The van der Waals surface area contributed by atoms with Gasteiger partial charge in [-0.3, -0.25) is 14.8 Å². The molecule has 6 heteroatoms. The number of ether oxygens (including phenoxy) is 1. The van der Waals surface area contributed by atoms with Gasteiger partial charge in [-0.15, -0.1) is 0 Å². The highest BCUT2D eigenvalue weighted by Gasteiger charge is 2.28. The minimum absolute atomic E-state index is 0.131. The number of benzene rings is 1. The van der Waals surface area contributed by atoms with Crippen molar-refractivity contribution >= 4 is 17.5 Å². The SMILES string of the molecule is CCC(=O)N1CCO[C@H](c2nccnc2-c2cccc(Cl)c2)C1. The van der Waals surface area contributed by atoms with Crippen molar-refractivity contribution in [1.29, 1.82) is 0 Å². The van der Waals surface area contributed by atoms with E-state index in [0.717, 1.165) is 17.0 Å². The van der Waals surface area contributed by atoms with Crippen molar-refractivity contribution in [1.82, 2.24) is 14.9 Å². The number of carbonyl (C=O) groups excluding carboxylic acids is 1. The maximum atomic E-state index is 12.0. The number of morpholine rings is 1. The molecule has 3 rings (SSSR count). The molecule has 1 atom stereocenters. The molecule has 1 fully saturated rings. The molecule has 120 valence electrons. The fourth-order valence-electron chi connectivity index (χ4n) is 2.71. The monoisotopic (exact) mass is 331 g/mol. The van der Waals surface area contributed by atoms with Crippen LogP contribution in [0.15, 0.2) is 36.7 Å². The third-order valence-corrected chi connectivity index (χ3v) is 4.09. The molecule has 0 aliphatic carbocycles. The molecule has 0 unspecified atom stereocenters. The molecule has 0 spiro atoms. The summed E-state index contributed by atoms with van der Waals surface area (Å²) in [7, 11) is 0. The quantitative estimate of drug-likeness (QED) is 0.867. The molecule has 0 N–H and O–H groups in total. The van der Waals surface area contributed by atoms with Crippen LogP contribution in [0.4, 0.5) is 0 Å². The van der Waals surface area contributed by atoms with Crippen LogP contribution in [-0.2, 0) is 9.53 Å². The lowest BCUT2D eigenvalue weighted by Gasteiger charge is -2.33. The summed E-state index contributed by atoms with van der Waals surface area (Å²) < 4.78 is 5.85. The summed E-state index contributed by atoms with van der Waals surface area (Å²) in [6.07, 6.45) is 3.51. The lowest BCUT2D eigenvalue weighted by Crippen LogP contribution is -2.42. The average molecular weight is 332 g/mol. The molecule has 1 saturated heterocycles. The maximum Gasteiger partial charge on any atom is 0.222 e. The second-order valence-electron chi connectivity index (χ2n) is 5.35. The van der Waals surface area contributed by atoms with Crippen LogP contribution in [0.3, 0.4) is 0 Å². The van der Waals surface area contributed by atoms with Crippen molar-refractivity contribution in [2.45, 2.75) is 19.4 Å². The third-order valence-electron chi connectivity index (χ3n) is 3.85. The maximum absolute atomic E-state index is 12.0. The zero-order valence-corrected chi connectivity index (χ0v) is 13.7. The topological polar surface area (TPSA) is 55.3 Å². The van der Waals surface area contributed by atoms with Gasteiger partial charge in [-0.1, -0.05) is 30.7 Å². The number of aromatic nitrogens is 2. The molecule has 0 radical (unpaired) electrons. The third kappa shape index (κ3) is 3.51. The molecule has 0 bridgehead atoms. The van der Waals surface area contributed by atoms with Crippen molar-refractivity contribution in [3.63, 3.8) is 0 Å². The normalized spacial score (nSPS) is 18.0. The van der Waals surface area contributed by atoms with Gasteiger partial charge in [0, 0.05) is 35.9 Å². The van der Waals surface area contributed by atoms with E-state index in [4.69, 9.17) is 16.3 Å². The molecule has 23 heavy (non-hydrogen) atoms. The van der Waals surface area contributed by atoms with Crippen LogP contribution >= 0.6 is 11.6 Å². The molecule has 1 amide bonds. The Bertz CT molecular complexity index is 708. The molecule has 1 aliphatic rings. The largest absolute Gasteiger partial charge is 0.368 e. The number of halogens is 1. The van der Waals surface area contributed by atoms with Gasteiger partial charge < -0.3 is 9.64 Å². The van der Waals surface area contributed by atoms with Crippen LogP contribution in [0.25, 0.3) is 11.3 Å². The van der Waals surface area contributed by atoms with Gasteiger partial charge in [0.15, 0.2) is 0 Å². The van der Waals surface area contributed by atoms with Crippen molar-refractivity contribution in [3.05, 3.63) is 47.4 Å². The van der Waals surface area contributed by atoms with Gasteiger partial charge >= 0.3 is 0 Å². The molecule has 2 heterocycles. The van der Waals surface area contributed by atoms with Crippen molar-refractivity contribution in [2.75, 3.05) is 19.7 Å². The van der Waals surface area contributed by atoms with Crippen molar-refractivity contribution in [3.8, 4) is 11.3 Å². The van der Waals surface area contributed by atoms with E-state index >= 15 is 0 Å². The molecular formula is C17H18ClN3O2. The van der Waals surface area contributed by atoms with Crippen LogP contribution in [0.5, 0.6) is 0 Å². The Balaban J connectivity index is 1.93. The Morgan fingerprint density at radius 2 is 2.22 bits per heavy atom. The average Bonchev–Trinajstić information content (AvgIpc) is 2.61. The summed E-state index contributed by atoms with van der Waals surface area (Å²) in [6, 6.07) is 7.49. The van der Waals surface area contributed by atoms with Gasteiger partial charge in [0.25, 0.3) is 0 Å². The smallest absolute Gasteiger partial charge is 0.222 e. The second-order valence-corrected chi connectivity index (χ2v) is 5.79. The molecule has 1 aromatic heterocycles. The van der Waals surface area contributed by atoms with E-state index in [1.807, 2.05) is 36.1 Å². The van der Waals surface area contributed by atoms with E-state index in [1.165, 1.54) is 0 Å². The highest BCUT2D eigenvalue weighted by Crippen LogP contribution is 2.30. The zero-order chi connectivity index (χ0) is 16.2. The zero-order valence-electron chi connectivity index (χ0n) is 12.9. The molecule has 1 aromatic carbocycles. The summed E-state index contributed by atoms with van der Waals surface area (Å²) in [6.45, 7) is 3.49. The summed E-state index contributed by atoms with van der Waals surface area (Å²) in [4.78, 5) is 22.7. The number of carbonyl (C=O) groups is 1. The van der Waals surface area contributed by atoms with E-state index in [0.29, 0.717) is 31.1 Å². The Kier molecular flexibility index (Phi) is 4.88. The first kappa shape index (κ1) is 15.9. The molecule has 5 nitrogen and oxygen atoms in total. The number of nitrogens with zero attached hydrogens (tertiary/aromatic N) is 3. The highest BCUT2D eigenvalue weighted by molar-refractivity contribution is 6.30. The molecule has 0 saturated carbocycles. The van der Waals surface area contributed by atoms with E-state index in [9.17, 15) is 4.79 Å². The van der Waals surface area contributed by atoms with Gasteiger partial charge in [-0.05, 0) is 12.1 Å². The van der Waals surface area contributed by atoms with Crippen molar-refractivity contribution < 1.29 is 9.53 Å². The van der Waals surface area contributed by atoms with Crippen LogP contribution in [0.1, 0.15) is 25.1 Å². The van der Waals surface area contributed by atoms with E-state index < -0.39 is 0 Å². The summed E-state index contributed by atoms with van der Waals surface area (Å²) in [5.74, 6) is 0.131. The number of hydrogen-bond acceptors (Lipinski definition) is 4. The first-order chi connectivity index (χ1) is 11.2. The predicted octanol–water partition coefficient (Wildman–Crippen LogP) is 3.11. The van der Waals surface area contributed by atoms with E-state index in [2.05, 4.69) is 9.97 Å². The molecular weight excluding hydrogens is 314 g/mol. The molecule has 1 aliphatic heterocycles. The Labute approximate surface area is 140 Å². The van der Waals surface area contributed by atoms with Gasteiger partial charge in [0.2, 0.25) is 5.91 Å². The highest BCUT2D eigenvalue weighted by atomic mass is 35.5. The summed E-state index contributed by atoms with van der Waals surface area (Å²) in [5.41, 5.74) is 2.37. The fourth-order valence-corrected chi connectivity index (χ4v) is 2.90. The fraction of sp³-hybridized carbons (Fsp3) is 0.353. The van der Waals surface area contributed by atoms with Crippen LogP contribution in [0, 0.1) is 0 Å². The molecule has 2 aromatic rings. The minimum Gasteiger partial charge on any atom is -0.368 e. The Morgan fingerprint density at radius 1 is 1.39 bits per heavy atom. The summed E-state index contributed by atoms with van der Waals surface area (Å²) in [5, 5.41) is 0.645. The number of hydrogen-bond donors (Lipinski definition) is 0. The lowest BCUT2D eigenvalue weighted by molar-refractivity contribution is -0.138. The van der Waals surface area contributed by atoms with Crippen LogP contribution in [-0.4, -0.2) is 40.5 Å². The first-order valence-electron chi connectivity index (χ1n) is 7.65. The van der Waals surface area contributed by atoms with Crippen LogP contribution in [0.2, 0.25) is 5.02 Å². The van der Waals surface area contributed by atoms with E-state index in [1.54, 1.807) is 12.4 Å². The van der Waals surface area contributed by atoms with Gasteiger partial charge in [-0.25, -0.2) is 0 Å². The Hall–Kier alpha value is -1.98. The predicted molar refractivity (Wildman–Crippen MR) is 88.0 cm³/mol. The standard InChI is InChI=1S/C17H18ClN3O2/c1-2-15(22)21-8-9-23-14(11-21)17-16(19-6-7-20-17)12-4-3-5-13(18)10-12/h3-7,10,14H,2,8-9,11H2,1H3/t14-/m0/s1. The van der Waals surface area contributed by atoms with E-state index in [-0.39, 0.29) is 12.0 Å². The Morgan fingerprint density at radius 3 is 3.00 bits per heavy atom. The minimum atomic E-state index is -0.276. The second kappa shape index (κ2) is 7.06. The number of amides is 1. The van der Waals surface area contributed by atoms with Gasteiger partial charge in [0.05, 0.1) is 24.5 Å².